The van der Waals surface area contributed by atoms with Gasteiger partial charge in [-0.15, -0.1) is 0 Å². The zero-order valence-corrected chi connectivity index (χ0v) is 11.4. The Morgan fingerprint density at radius 1 is 0.462 bits per heavy atom. The molecule has 79 valence electrons. The van der Waals surface area contributed by atoms with Gasteiger partial charge in [-0.05, 0) is 0 Å². The first kappa shape index (κ1) is 19.2. The Balaban J connectivity index is -0.000000143. The van der Waals surface area contributed by atoms with Crippen LogP contribution in [0.3, 0.4) is 0 Å². The van der Waals surface area contributed by atoms with Crippen LogP contribution in [0.2, 0.25) is 0 Å². The second-order valence-electron chi connectivity index (χ2n) is 3.41. The maximum Gasteiger partial charge on any atom is 0 e. The fourth-order valence-electron chi connectivity index (χ4n) is 1.000. The van der Waals surface area contributed by atoms with E-state index in [1.165, 1.54) is 51.4 Å². The Bertz CT molecular complexity index is 37.1. The quantitative estimate of drug-likeness (QED) is 0.426. The largest absolute Gasteiger partial charge is 0.0654 e. The highest BCUT2D eigenvalue weighted by Gasteiger charge is 1.75. The molecule has 0 aliphatic rings. The summed E-state index contributed by atoms with van der Waals surface area (Å²) in [5, 5.41) is 0. The molecule has 0 aromatic carbocycles. The molecule has 0 spiro atoms. The molecule has 0 fully saturated rings. The summed E-state index contributed by atoms with van der Waals surface area (Å²) < 4.78 is 0. The van der Waals surface area contributed by atoms with Crippen molar-refractivity contribution in [3.8, 4) is 0 Å². The number of rotatable bonds is 6. The molecule has 0 aliphatic carbocycles. The number of hydrogen-bond donors (Lipinski definition) is 0. The van der Waals surface area contributed by atoms with Crippen molar-refractivity contribution in [1.29, 1.82) is 0 Å². The van der Waals surface area contributed by atoms with Gasteiger partial charge in [0.1, 0.15) is 0 Å². The van der Waals surface area contributed by atoms with Crippen LogP contribution in [0.4, 0.5) is 0 Å². The fourth-order valence-corrected chi connectivity index (χ4v) is 1.000. The topological polar surface area (TPSA) is 0 Å². The standard InChI is InChI=1S/2C6H14.Al/c2*1-3-5-6-4-2;/h2*3-6H2,1-2H3;. The Hall–Kier alpha value is 0.532. The lowest BCUT2D eigenvalue weighted by Gasteiger charge is -1.86. The predicted molar refractivity (Wildman–Crippen MR) is 65.4 cm³/mol. The third-order valence-corrected chi connectivity index (χ3v) is 1.91. The van der Waals surface area contributed by atoms with Gasteiger partial charge in [-0.25, -0.2) is 0 Å². The lowest BCUT2D eigenvalue weighted by atomic mass is 10.2. The van der Waals surface area contributed by atoms with E-state index in [0.29, 0.717) is 0 Å². The molecule has 0 nitrogen and oxygen atoms in total. The normalized spacial score (nSPS) is 8.31. The van der Waals surface area contributed by atoms with Crippen molar-refractivity contribution in [3.63, 3.8) is 0 Å². The molecule has 0 N–H and O–H groups in total. The Labute approximate surface area is 96.6 Å². The van der Waals surface area contributed by atoms with Crippen LogP contribution in [0, 0.1) is 0 Å². The fraction of sp³-hybridized carbons (Fsp3) is 1.00. The highest BCUT2D eigenvalue weighted by atomic mass is 27.0. The molecule has 0 saturated heterocycles. The van der Waals surface area contributed by atoms with Gasteiger partial charge in [0.2, 0.25) is 0 Å². The first-order valence-corrected chi connectivity index (χ1v) is 5.83. The number of unbranched alkanes of at least 4 members (excludes halogenated alkanes) is 6. The minimum absolute atomic E-state index is 0. The van der Waals surface area contributed by atoms with Crippen molar-refractivity contribution in [2.45, 2.75) is 79.1 Å². The van der Waals surface area contributed by atoms with Crippen LogP contribution in [-0.2, 0) is 0 Å². The SMILES string of the molecule is CCCCCC.CCCCCC.[Al]. The van der Waals surface area contributed by atoms with E-state index in [-0.39, 0.29) is 17.4 Å². The zero-order chi connectivity index (χ0) is 9.66. The van der Waals surface area contributed by atoms with E-state index in [0.717, 1.165) is 0 Å². The average molecular weight is 199 g/mol. The van der Waals surface area contributed by atoms with E-state index in [1.54, 1.807) is 0 Å². The van der Waals surface area contributed by atoms with Gasteiger partial charge in [-0.1, -0.05) is 79.1 Å². The van der Waals surface area contributed by atoms with Crippen LogP contribution in [0.25, 0.3) is 0 Å². The van der Waals surface area contributed by atoms with Crippen LogP contribution >= 0.6 is 0 Å². The molecule has 0 aromatic heterocycles. The van der Waals surface area contributed by atoms with Gasteiger partial charge in [-0.2, -0.15) is 0 Å². The van der Waals surface area contributed by atoms with E-state index in [9.17, 15) is 0 Å². The van der Waals surface area contributed by atoms with Gasteiger partial charge in [-0.3, -0.25) is 0 Å². The maximum atomic E-state index is 2.23. The molecular weight excluding hydrogens is 171 g/mol. The van der Waals surface area contributed by atoms with Gasteiger partial charge in [0.25, 0.3) is 0 Å². The van der Waals surface area contributed by atoms with E-state index in [4.69, 9.17) is 0 Å². The molecule has 0 atom stereocenters. The average Bonchev–Trinajstić information content (AvgIpc) is 2.12. The molecule has 13 heavy (non-hydrogen) atoms. The molecule has 3 radical (unpaired) electrons. The summed E-state index contributed by atoms with van der Waals surface area (Å²) in [6.07, 6.45) is 11.1. The highest BCUT2D eigenvalue weighted by Crippen LogP contribution is 1.95. The Morgan fingerprint density at radius 3 is 0.692 bits per heavy atom. The molecule has 0 heterocycles. The van der Waals surface area contributed by atoms with Gasteiger partial charge in [0.15, 0.2) is 0 Å². The molecule has 0 amide bonds. The number of hydrogen-bond acceptors (Lipinski definition) is 0. The minimum Gasteiger partial charge on any atom is -0.0654 e. The summed E-state index contributed by atoms with van der Waals surface area (Å²) >= 11 is 0. The predicted octanol–water partition coefficient (Wildman–Crippen LogP) is 4.79. The summed E-state index contributed by atoms with van der Waals surface area (Å²) in [5.74, 6) is 0. The van der Waals surface area contributed by atoms with Crippen molar-refractivity contribution >= 4 is 17.4 Å². The summed E-state index contributed by atoms with van der Waals surface area (Å²) in [7, 11) is 0. The van der Waals surface area contributed by atoms with Gasteiger partial charge in [0.05, 0.1) is 0 Å². The van der Waals surface area contributed by atoms with Crippen LogP contribution in [0.5, 0.6) is 0 Å². The Kier molecular flexibility index (Phi) is 33.7. The molecule has 0 rings (SSSR count). The summed E-state index contributed by atoms with van der Waals surface area (Å²) in [6, 6.07) is 0. The molecule has 0 bridgehead atoms. The Morgan fingerprint density at radius 2 is 0.615 bits per heavy atom. The second kappa shape index (κ2) is 22.9. The lowest BCUT2D eigenvalue weighted by Crippen LogP contribution is -1.66. The summed E-state index contributed by atoms with van der Waals surface area (Å²) in [6.45, 7) is 8.93. The van der Waals surface area contributed by atoms with Crippen LogP contribution in [0.1, 0.15) is 79.1 Å². The van der Waals surface area contributed by atoms with E-state index < -0.39 is 0 Å². The summed E-state index contributed by atoms with van der Waals surface area (Å²) in [4.78, 5) is 0. The highest BCUT2D eigenvalue weighted by molar-refractivity contribution is 5.75. The van der Waals surface area contributed by atoms with E-state index in [1.807, 2.05) is 0 Å². The third kappa shape index (κ3) is 32.6. The van der Waals surface area contributed by atoms with Gasteiger partial charge in [0, 0.05) is 17.4 Å². The lowest BCUT2D eigenvalue weighted by molar-refractivity contribution is 0.702. The van der Waals surface area contributed by atoms with Crippen molar-refractivity contribution in [3.05, 3.63) is 0 Å². The van der Waals surface area contributed by atoms with Crippen molar-refractivity contribution in [2.24, 2.45) is 0 Å². The van der Waals surface area contributed by atoms with Crippen LogP contribution in [-0.4, -0.2) is 17.4 Å². The molecule has 0 aliphatic heterocycles. The third-order valence-electron chi connectivity index (χ3n) is 1.91. The van der Waals surface area contributed by atoms with E-state index >= 15 is 0 Å². The summed E-state index contributed by atoms with van der Waals surface area (Å²) in [5.41, 5.74) is 0. The zero-order valence-electron chi connectivity index (χ0n) is 10.2. The molecular formula is C12H28Al. The minimum atomic E-state index is 0. The maximum absolute atomic E-state index is 2.23. The van der Waals surface area contributed by atoms with Crippen LogP contribution in [0.15, 0.2) is 0 Å². The van der Waals surface area contributed by atoms with E-state index in [2.05, 4.69) is 27.7 Å². The van der Waals surface area contributed by atoms with Crippen LogP contribution < -0.4 is 0 Å². The van der Waals surface area contributed by atoms with Gasteiger partial charge >= 0.3 is 0 Å². The van der Waals surface area contributed by atoms with Crippen molar-refractivity contribution in [1.82, 2.24) is 0 Å². The first-order valence-electron chi connectivity index (χ1n) is 5.83. The molecule has 0 saturated carbocycles. The molecule has 0 unspecified atom stereocenters. The van der Waals surface area contributed by atoms with Gasteiger partial charge < -0.3 is 0 Å². The monoisotopic (exact) mass is 199 g/mol. The van der Waals surface area contributed by atoms with Crippen molar-refractivity contribution < 1.29 is 0 Å². The second-order valence-corrected chi connectivity index (χ2v) is 3.41. The first-order chi connectivity index (χ1) is 5.83. The molecule has 0 aromatic rings. The molecule has 1 heteroatoms. The van der Waals surface area contributed by atoms with Crippen molar-refractivity contribution in [2.75, 3.05) is 0 Å². The smallest absolute Gasteiger partial charge is 0 e.